The van der Waals surface area contributed by atoms with Gasteiger partial charge in [-0.25, -0.2) is 9.37 Å². The van der Waals surface area contributed by atoms with Crippen LogP contribution in [0.15, 0.2) is 47.6 Å². The van der Waals surface area contributed by atoms with Gasteiger partial charge in [0.05, 0.1) is 19.3 Å². The first-order chi connectivity index (χ1) is 14.5. The van der Waals surface area contributed by atoms with E-state index < -0.39 is 0 Å². The number of anilines is 1. The van der Waals surface area contributed by atoms with E-state index in [1.165, 1.54) is 12.1 Å². The van der Waals surface area contributed by atoms with Crippen LogP contribution in [0, 0.1) is 5.82 Å². The van der Waals surface area contributed by atoms with Gasteiger partial charge in [0.15, 0.2) is 5.96 Å². The van der Waals surface area contributed by atoms with Gasteiger partial charge in [-0.05, 0) is 49.7 Å². The van der Waals surface area contributed by atoms with Gasteiger partial charge in [0, 0.05) is 32.9 Å². The SMILES string of the molecule is CN=C(NCc1ccc(N2CCOC(C)C2)nc1)NCC(C)Oc1ccc(F)cc1. The highest BCUT2D eigenvalue weighted by Gasteiger charge is 2.17. The monoisotopic (exact) mass is 415 g/mol. The number of rotatable bonds is 7. The van der Waals surface area contributed by atoms with Gasteiger partial charge in [0.25, 0.3) is 0 Å². The molecule has 0 spiro atoms. The lowest BCUT2D eigenvalue weighted by atomic mass is 10.2. The summed E-state index contributed by atoms with van der Waals surface area (Å²) in [5.74, 6) is 2.01. The lowest BCUT2D eigenvalue weighted by Gasteiger charge is -2.32. The van der Waals surface area contributed by atoms with E-state index in [-0.39, 0.29) is 18.0 Å². The Balaban J connectivity index is 1.43. The Hall–Kier alpha value is -2.87. The van der Waals surface area contributed by atoms with E-state index in [0.29, 0.717) is 24.8 Å². The number of hydrogen-bond acceptors (Lipinski definition) is 5. The predicted molar refractivity (Wildman–Crippen MR) is 117 cm³/mol. The molecule has 3 rings (SSSR count). The van der Waals surface area contributed by atoms with E-state index in [2.05, 4.69) is 38.5 Å². The molecule has 7 nitrogen and oxygen atoms in total. The molecule has 0 saturated carbocycles. The van der Waals surface area contributed by atoms with Gasteiger partial charge >= 0.3 is 0 Å². The predicted octanol–water partition coefficient (Wildman–Crippen LogP) is 2.58. The first kappa shape index (κ1) is 21.8. The Morgan fingerprint density at radius 3 is 2.77 bits per heavy atom. The Kier molecular flexibility index (Phi) is 7.84. The Bertz CT molecular complexity index is 813. The van der Waals surface area contributed by atoms with Crippen LogP contribution < -0.4 is 20.3 Å². The Morgan fingerprint density at radius 1 is 1.30 bits per heavy atom. The van der Waals surface area contributed by atoms with Crippen molar-refractivity contribution in [1.29, 1.82) is 0 Å². The first-order valence-corrected chi connectivity index (χ1v) is 10.2. The summed E-state index contributed by atoms with van der Waals surface area (Å²) in [6.07, 6.45) is 2.01. The summed E-state index contributed by atoms with van der Waals surface area (Å²) >= 11 is 0. The summed E-state index contributed by atoms with van der Waals surface area (Å²) < 4.78 is 24.3. The molecule has 2 N–H and O–H groups in total. The van der Waals surface area contributed by atoms with Crippen LogP contribution in [0.2, 0.25) is 0 Å². The summed E-state index contributed by atoms with van der Waals surface area (Å²) in [6.45, 7) is 7.65. The number of aromatic nitrogens is 1. The minimum atomic E-state index is -0.278. The summed E-state index contributed by atoms with van der Waals surface area (Å²) in [5, 5.41) is 6.51. The standard InChI is InChI=1S/C22H30FN5O2/c1-16(30-20-7-5-19(23)6-8-20)12-26-22(24-3)27-14-18-4-9-21(25-13-18)28-10-11-29-17(2)15-28/h4-9,13,16-17H,10-12,14-15H2,1-3H3,(H2,24,26,27). The van der Waals surface area contributed by atoms with Crippen LogP contribution in [-0.2, 0) is 11.3 Å². The molecule has 1 saturated heterocycles. The fraction of sp³-hybridized carbons (Fsp3) is 0.455. The van der Waals surface area contributed by atoms with Crippen LogP contribution in [0.5, 0.6) is 5.75 Å². The number of morpholine rings is 1. The molecule has 162 valence electrons. The van der Waals surface area contributed by atoms with E-state index in [1.807, 2.05) is 19.2 Å². The molecule has 0 aliphatic carbocycles. The van der Waals surface area contributed by atoms with Crippen molar-refractivity contribution in [2.75, 3.05) is 38.2 Å². The molecule has 2 aromatic rings. The van der Waals surface area contributed by atoms with Gasteiger partial charge in [0.2, 0.25) is 0 Å². The molecule has 30 heavy (non-hydrogen) atoms. The molecule has 2 heterocycles. The average Bonchev–Trinajstić information content (AvgIpc) is 2.76. The molecule has 2 unspecified atom stereocenters. The minimum Gasteiger partial charge on any atom is -0.489 e. The topological polar surface area (TPSA) is 71.0 Å². The smallest absolute Gasteiger partial charge is 0.191 e. The Labute approximate surface area is 177 Å². The van der Waals surface area contributed by atoms with Crippen molar-refractivity contribution >= 4 is 11.8 Å². The number of aliphatic imine (C=N–C) groups is 1. The van der Waals surface area contributed by atoms with Crippen molar-refractivity contribution < 1.29 is 13.9 Å². The quantitative estimate of drug-likeness (QED) is 0.535. The van der Waals surface area contributed by atoms with E-state index >= 15 is 0 Å². The van der Waals surface area contributed by atoms with Gasteiger partial charge in [0.1, 0.15) is 23.5 Å². The highest BCUT2D eigenvalue weighted by Crippen LogP contribution is 2.15. The maximum absolute atomic E-state index is 13.0. The fourth-order valence-electron chi connectivity index (χ4n) is 3.17. The van der Waals surface area contributed by atoms with Crippen molar-refractivity contribution in [2.45, 2.75) is 32.6 Å². The number of nitrogens with one attached hydrogen (secondary N) is 2. The molecule has 1 aliphatic rings. The third-order valence-corrected chi connectivity index (χ3v) is 4.77. The van der Waals surface area contributed by atoms with Gasteiger partial charge < -0.3 is 25.0 Å². The molecule has 0 amide bonds. The van der Waals surface area contributed by atoms with E-state index in [1.54, 1.807) is 19.2 Å². The zero-order valence-electron chi connectivity index (χ0n) is 17.8. The molecule has 0 bridgehead atoms. The van der Waals surface area contributed by atoms with Crippen molar-refractivity contribution in [3.63, 3.8) is 0 Å². The maximum atomic E-state index is 13.0. The van der Waals surface area contributed by atoms with Crippen molar-refractivity contribution in [3.05, 3.63) is 54.0 Å². The largest absolute Gasteiger partial charge is 0.489 e. The summed E-state index contributed by atoms with van der Waals surface area (Å²) in [5.41, 5.74) is 1.07. The highest BCUT2D eigenvalue weighted by atomic mass is 19.1. The number of hydrogen-bond donors (Lipinski definition) is 2. The number of ether oxygens (including phenoxy) is 2. The Morgan fingerprint density at radius 2 is 2.10 bits per heavy atom. The lowest BCUT2D eigenvalue weighted by molar-refractivity contribution is 0.0529. The molecule has 1 aliphatic heterocycles. The number of pyridine rings is 1. The minimum absolute atomic E-state index is 0.106. The van der Waals surface area contributed by atoms with E-state index in [4.69, 9.17) is 9.47 Å². The van der Waals surface area contributed by atoms with Crippen LogP contribution in [0.1, 0.15) is 19.4 Å². The molecular formula is C22H30FN5O2. The summed E-state index contributed by atoms with van der Waals surface area (Å²) in [7, 11) is 1.72. The summed E-state index contributed by atoms with van der Waals surface area (Å²) in [4.78, 5) is 11.1. The van der Waals surface area contributed by atoms with Gasteiger partial charge in [-0.1, -0.05) is 6.07 Å². The zero-order valence-corrected chi connectivity index (χ0v) is 17.8. The van der Waals surface area contributed by atoms with Crippen molar-refractivity contribution in [3.8, 4) is 5.75 Å². The molecule has 1 aromatic heterocycles. The van der Waals surface area contributed by atoms with Gasteiger partial charge in [-0.3, -0.25) is 4.99 Å². The van der Waals surface area contributed by atoms with Gasteiger partial charge in [-0.2, -0.15) is 0 Å². The van der Waals surface area contributed by atoms with Crippen LogP contribution in [0.25, 0.3) is 0 Å². The van der Waals surface area contributed by atoms with Crippen LogP contribution in [-0.4, -0.2) is 56.4 Å². The van der Waals surface area contributed by atoms with Gasteiger partial charge in [-0.15, -0.1) is 0 Å². The normalized spacial score (nSPS) is 18.1. The maximum Gasteiger partial charge on any atom is 0.191 e. The third kappa shape index (κ3) is 6.59. The number of nitrogens with zero attached hydrogens (tertiary/aromatic N) is 3. The molecule has 2 atom stereocenters. The van der Waals surface area contributed by atoms with Crippen molar-refractivity contribution in [2.24, 2.45) is 4.99 Å². The molecule has 0 radical (unpaired) electrons. The first-order valence-electron chi connectivity index (χ1n) is 10.2. The van der Waals surface area contributed by atoms with Crippen LogP contribution in [0.3, 0.4) is 0 Å². The second kappa shape index (κ2) is 10.8. The zero-order chi connectivity index (χ0) is 21.3. The fourth-order valence-corrected chi connectivity index (χ4v) is 3.17. The third-order valence-electron chi connectivity index (χ3n) is 4.77. The summed E-state index contributed by atoms with van der Waals surface area (Å²) in [6, 6.07) is 10.1. The second-order valence-electron chi connectivity index (χ2n) is 7.34. The van der Waals surface area contributed by atoms with E-state index in [0.717, 1.165) is 31.1 Å². The highest BCUT2D eigenvalue weighted by molar-refractivity contribution is 5.79. The van der Waals surface area contributed by atoms with Crippen LogP contribution >= 0.6 is 0 Å². The van der Waals surface area contributed by atoms with Crippen molar-refractivity contribution in [1.82, 2.24) is 15.6 Å². The number of benzene rings is 1. The number of halogens is 1. The number of guanidine groups is 1. The molecule has 1 aromatic carbocycles. The van der Waals surface area contributed by atoms with Crippen LogP contribution in [0.4, 0.5) is 10.2 Å². The average molecular weight is 416 g/mol. The molecule has 1 fully saturated rings. The molecule has 8 heteroatoms. The molecular weight excluding hydrogens is 385 g/mol. The van der Waals surface area contributed by atoms with E-state index in [9.17, 15) is 4.39 Å². The lowest BCUT2D eigenvalue weighted by Crippen LogP contribution is -2.42. The second-order valence-corrected chi connectivity index (χ2v) is 7.34.